The summed E-state index contributed by atoms with van der Waals surface area (Å²) in [6.45, 7) is 2.27. The maximum absolute atomic E-state index is 12.0. The standard InChI is InChI=1S/C13H17BrN2O/c1-9-2-4-12(5-3-9)16-13(17)10-6-11(14)8-15-7-10/h6-9,12H,2-5H2,1H3,(H,16,17). The molecule has 0 aliphatic heterocycles. The molecule has 1 N–H and O–H groups in total. The first-order valence-electron chi connectivity index (χ1n) is 6.06. The van der Waals surface area contributed by atoms with E-state index in [1.807, 2.05) is 0 Å². The van der Waals surface area contributed by atoms with E-state index in [-0.39, 0.29) is 5.91 Å². The Labute approximate surface area is 110 Å². The van der Waals surface area contributed by atoms with Crippen LogP contribution in [0.2, 0.25) is 0 Å². The van der Waals surface area contributed by atoms with Crippen LogP contribution in [0, 0.1) is 5.92 Å². The summed E-state index contributed by atoms with van der Waals surface area (Å²) in [4.78, 5) is 16.0. The molecule has 0 radical (unpaired) electrons. The summed E-state index contributed by atoms with van der Waals surface area (Å²) >= 11 is 3.32. The predicted molar refractivity (Wildman–Crippen MR) is 70.8 cm³/mol. The Morgan fingerprint density at radius 1 is 1.35 bits per heavy atom. The molecule has 2 rings (SSSR count). The molecule has 0 atom stereocenters. The zero-order valence-electron chi connectivity index (χ0n) is 9.95. The maximum Gasteiger partial charge on any atom is 0.253 e. The Hall–Kier alpha value is -0.900. The van der Waals surface area contributed by atoms with Crippen molar-refractivity contribution in [3.8, 4) is 0 Å². The molecular weight excluding hydrogens is 280 g/mol. The quantitative estimate of drug-likeness (QED) is 0.911. The molecule has 3 nitrogen and oxygen atoms in total. The first kappa shape index (κ1) is 12.6. The molecule has 1 saturated carbocycles. The third kappa shape index (κ3) is 3.53. The van der Waals surface area contributed by atoms with Gasteiger partial charge < -0.3 is 5.32 Å². The highest BCUT2D eigenvalue weighted by atomic mass is 79.9. The van der Waals surface area contributed by atoms with Crippen LogP contribution in [0.25, 0.3) is 0 Å². The van der Waals surface area contributed by atoms with Gasteiger partial charge in [-0.2, -0.15) is 0 Å². The van der Waals surface area contributed by atoms with E-state index in [2.05, 4.69) is 33.2 Å². The number of halogens is 1. The minimum absolute atomic E-state index is 0.0154. The van der Waals surface area contributed by atoms with Crippen molar-refractivity contribution >= 4 is 21.8 Å². The SMILES string of the molecule is CC1CCC(NC(=O)c2cncc(Br)c2)CC1. The van der Waals surface area contributed by atoms with Crippen molar-refractivity contribution in [2.45, 2.75) is 38.6 Å². The highest BCUT2D eigenvalue weighted by molar-refractivity contribution is 9.10. The van der Waals surface area contributed by atoms with Crippen LogP contribution in [-0.4, -0.2) is 16.9 Å². The number of nitrogens with zero attached hydrogens (tertiary/aromatic N) is 1. The van der Waals surface area contributed by atoms with E-state index in [4.69, 9.17) is 0 Å². The fourth-order valence-electron chi connectivity index (χ4n) is 2.21. The molecule has 1 aromatic heterocycles. The Morgan fingerprint density at radius 2 is 2.06 bits per heavy atom. The molecule has 0 spiro atoms. The number of amides is 1. The van der Waals surface area contributed by atoms with Crippen molar-refractivity contribution in [1.82, 2.24) is 10.3 Å². The molecule has 0 aromatic carbocycles. The molecular formula is C13H17BrN2O. The normalized spacial score (nSPS) is 24.4. The Balaban J connectivity index is 1.93. The van der Waals surface area contributed by atoms with Gasteiger partial charge in [-0.1, -0.05) is 6.92 Å². The van der Waals surface area contributed by atoms with Crippen molar-refractivity contribution in [3.63, 3.8) is 0 Å². The predicted octanol–water partition coefficient (Wildman–Crippen LogP) is 3.15. The first-order chi connectivity index (χ1) is 8.15. The van der Waals surface area contributed by atoms with Crippen molar-refractivity contribution < 1.29 is 4.79 Å². The topological polar surface area (TPSA) is 42.0 Å². The van der Waals surface area contributed by atoms with Gasteiger partial charge in [-0.15, -0.1) is 0 Å². The molecule has 1 amide bonds. The second-order valence-electron chi connectivity index (χ2n) is 4.82. The van der Waals surface area contributed by atoms with Gasteiger partial charge in [0.15, 0.2) is 0 Å². The van der Waals surface area contributed by atoms with E-state index in [9.17, 15) is 4.79 Å². The molecule has 92 valence electrons. The summed E-state index contributed by atoms with van der Waals surface area (Å²) in [6.07, 6.45) is 7.89. The molecule has 4 heteroatoms. The number of carbonyl (C=O) groups excluding carboxylic acids is 1. The van der Waals surface area contributed by atoms with Gasteiger partial charge in [0.05, 0.1) is 5.56 Å². The number of nitrogens with one attached hydrogen (secondary N) is 1. The molecule has 17 heavy (non-hydrogen) atoms. The average Bonchev–Trinajstić information content (AvgIpc) is 2.32. The van der Waals surface area contributed by atoms with Gasteiger partial charge >= 0.3 is 0 Å². The third-order valence-electron chi connectivity index (χ3n) is 3.32. The van der Waals surface area contributed by atoms with Gasteiger partial charge in [0.2, 0.25) is 0 Å². The van der Waals surface area contributed by atoms with Gasteiger partial charge in [-0.25, -0.2) is 0 Å². The molecule has 0 saturated heterocycles. The van der Waals surface area contributed by atoms with Crippen LogP contribution in [0.15, 0.2) is 22.9 Å². The Bertz CT molecular complexity index is 400. The second-order valence-corrected chi connectivity index (χ2v) is 5.74. The van der Waals surface area contributed by atoms with E-state index in [0.717, 1.165) is 23.2 Å². The first-order valence-corrected chi connectivity index (χ1v) is 6.86. The number of hydrogen-bond donors (Lipinski definition) is 1. The summed E-state index contributed by atoms with van der Waals surface area (Å²) in [5.41, 5.74) is 0.623. The Kier molecular flexibility index (Phi) is 4.15. The molecule has 1 heterocycles. The summed E-state index contributed by atoms with van der Waals surface area (Å²) < 4.78 is 0.836. The van der Waals surface area contributed by atoms with E-state index in [1.165, 1.54) is 12.8 Å². The van der Waals surface area contributed by atoms with Gasteiger partial charge in [0, 0.05) is 22.9 Å². The van der Waals surface area contributed by atoms with E-state index < -0.39 is 0 Å². The molecule has 1 aromatic rings. The second kappa shape index (κ2) is 5.63. The lowest BCUT2D eigenvalue weighted by molar-refractivity contribution is 0.0922. The number of carbonyl (C=O) groups is 1. The van der Waals surface area contributed by atoms with E-state index in [0.29, 0.717) is 11.6 Å². The third-order valence-corrected chi connectivity index (χ3v) is 3.75. The van der Waals surface area contributed by atoms with E-state index in [1.54, 1.807) is 18.5 Å². The van der Waals surface area contributed by atoms with Crippen LogP contribution in [0.5, 0.6) is 0 Å². The molecule has 0 bridgehead atoms. The maximum atomic E-state index is 12.0. The highest BCUT2D eigenvalue weighted by Gasteiger charge is 2.20. The lowest BCUT2D eigenvalue weighted by Gasteiger charge is -2.26. The van der Waals surface area contributed by atoms with Crippen molar-refractivity contribution in [2.75, 3.05) is 0 Å². The van der Waals surface area contributed by atoms with E-state index >= 15 is 0 Å². The summed E-state index contributed by atoms with van der Waals surface area (Å²) in [5, 5.41) is 3.08. The van der Waals surface area contributed by atoms with Crippen molar-refractivity contribution in [2.24, 2.45) is 5.92 Å². The summed E-state index contributed by atoms with van der Waals surface area (Å²) in [5.74, 6) is 0.786. The average molecular weight is 297 g/mol. The van der Waals surface area contributed by atoms with Crippen LogP contribution in [0.4, 0.5) is 0 Å². The van der Waals surface area contributed by atoms with Crippen molar-refractivity contribution in [3.05, 3.63) is 28.5 Å². The lowest BCUT2D eigenvalue weighted by atomic mass is 9.87. The molecule has 1 aliphatic carbocycles. The Morgan fingerprint density at radius 3 is 2.71 bits per heavy atom. The number of hydrogen-bond acceptors (Lipinski definition) is 2. The minimum Gasteiger partial charge on any atom is -0.349 e. The van der Waals surface area contributed by atoms with Crippen LogP contribution in [0.1, 0.15) is 43.0 Å². The highest BCUT2D eigenvalue weighted by Crippen LogP contribution is 2.23. The fraction of sp³-hybridized carbons (Fsp3) is 0.538. The monoisotopic (exact) mass is 296 g/mol. The summed E-state index contributed by atoms with van der Waals surface area (Å²) in [6, 6.07) is 2.13. The zero-order chi connectivity index (χ0) is 12.3. The van der Waals surface area contributed by atoms with Gasteiger partial charge in [0.1, 0.15) is 0 Å². The number of aromatic nitrogens is 1. The van der Waals surface area contributed by atoms with Crippen LogP contribution in [-0.2, 0) is 0 Å². The van der Waals surface area contributed by atoms with Gasteiger partial charge in [-0.05, 0) is 53.6 Å². The molecule has 1 aliphatic rings. The van der Waals surface area contributed by atoms with Gasteiger partial charge in [-0.3, -0.25) is 9.78 Å². The van der Waals surface area contributed by atoms with Crippen LogP contribution < -0.4 is 5.32 Å². The zero-order valence-corrected chi connectivity index (χ0v) is 11.5. The van der Waals surface area contributed by atoms with Crippen LogP contribution in [0.3, 0.4) is 0 Å². The summed E-state index contributed by atoms with van der Waals surface area (Å²) in [7, 11) is 0. The van der Waals surface area contributed by atoms with Crippen molar-refractivity contribution in [1.29, 1.82) is 0 Å². The smallest absolute Gasteiger partial charge is 0.253 e. The number of pyridine rings is 1. The largest absolute Gasteiger partial charge is 0.349 e. The fourth-order valence-corrected chi connectivity index (χ4v) is 2.57. The van der Waals surface area contributed by atoms with Gasteiger partial charge in [0.25, 0.3) is 5.91 Å². The van der Waals surface area contributed by atoms with Crippen LogP contribution >= 0.6 is 15.9 Å². The minimum atomic E-state index is -0.0154. The molecule has 0 unspecified atom stereocenters. The number of rotatable bonds is 2. The lowest BCUT2D eigenvalue weighted by Crippen LogP contribution is -2.37. The molecule has 1 fully saturated rings.